The van der Waals surface area contributed by atoms with Crippen molar-refractivity contribution in [3.63, 3.8) is 0 Å². The highest BCUT2D eigenvalue weighted by Gasteiger charge is 2.16. The van der Waals surface area contributed by atoms with E-state index in [0.717, 1.165) is 0 Å². The predicted octanol–water partition coefficient (Wildman–Crippen LogP) is 2.60. The van der Waals surface area contributed by atoms with Crippen LogP contribution in [0.2, 0.25) is 0 Å². The minimum absolute atomic E-state index is 0.133. The number of ketones is 1. The van der Waals surface area contributed by atoms with Crippen LogP contribution in [0.5, 0.6) is 11.5 Å². The first-order chi connectivity index (χ1) is 9.13. The average Bonchev–Trinajstić information content (AvgIpc) is 2.43. The van der Waals surface area contributed by atoms with E-state index in [1.165, 1.54) is 12.1 Å². The normalized spacial score (nSPS) is 10.2. The van der Waals surface area contributed by atoms with Gasteiger partial charge in [0.1, 0.15) is 11.5 Å². The third kappa shape index (κ3) is 2.68. The molecule has 0 spiro atoms. The Bertz CT molecular complexity index is 594. The molecule has 4 nitrogen and oxygen atoms in total. The van der Waals surface area contributed by atoms with Gasteiger partial charge in [-0.25, -0.2) is 0 Å². The van der Waals surface area contributed by atoms with Gasteiger partial charge in [-0.15, -0.1) is 0 Å². The van der Waals surface area contributed by atoms with E-state index in [9.17, 15) is 9.90 Å². The number of ether oxygens (including phenoxy) is 1. The summed E-state index contributed by atoms with van der Waals surface area (Å²) in [6.45, 7) is 2.26. The zero-order valence-corrected chi connectivity index (χ0v) is 10.6. The van der Waals surface area contributed by atoms with Gasteiger partial charge < -0.3 is 15.6 Å². The van der Waals surface area contributed by atoms with Crippen LogP contribution in [0.25, 0.3) is 0 Å². The second kappa shape index (κ2) is 5.44. The Labute approximate surface area is 111 Å². The summed E-state index contributed by atoms with van der Waals surface area (Å²) in [6.07, 6.45) is 0. The zero-order chi connectivity index (χ0) is 13.8. The monoisotopic (exact) mass is 257 g/mol. The second-order valence-electron chi connectivity index (χ2n) is 4.04. The van der Waals surface area contributed by atoms with Crippen LogP contribution in [-0.4, -0.2) is 17.5 Å². The summed E-state index contributed by atoms with van der Waals surface area (Å²) in [5.41, 5.74) is 6.81. The molecular formula is C15H15NO3. The van der Waals surface area contributed by atoms with Crippen molar-refractivity contribution in [3.05, 3.63) is 53.6 Å². The lowest BCUT2D eigenvalue weighted by molar-refractivity contribution is 0.103. The molecule has 0 unspecified atom stereocenters. The largest absolute Gasteiger partial charge is 0.507 e. The van der Waals surface area contributed by atoms with Crippen molar-refractivity contribution in [3.8, 4) is 11.5 Å². The van der Waals surface area contributed by atoms with Gasteiger partial charge >= 0.3 is 0 Å². The number of carbonyl (C=O) groups is 1. The maximum Gasteiger partial charge on any atom is 0.196 e. The molecule has 19 heavy (non-hydrogen) atoms. The fraction of sp³-hybridized carbons (Fsp3) is 0.133. The van der Waals surface area contributed by atoms with Gasteiger partial charge in [0.2, 0.25) is 0 Å². The second-order valence-corrected chi connectivity index (χ2v) is 4.04. The molecule has 4 heteroatoms. The van der Waals surface area contributed by atoms with Crippen molar-refractivity contribution in [2.75, 3.05) is 12.3 Å². The highest BCUT2D eigenvalue weighted by atomic mass is 16.5. The van der Waals surface area contributed by atoms with E-state index in [-0.39, 0.29) is 17.1 Å². The van der Waals surface area contributed by atoms with Crippen LogP contribution in [-0.2, 0) is 0 Å². The number of anilines is 1. The number of benzene rings is 2. The van der Waals surface area contributed by atoms with Crippen molar-refractivity contribution in [2.45, 2.75) is 6.92 Å². The van der Waals surface area contributed by atoms with Crippen LogP contribution in [0.1, 0.15) is 22.8 Å². The van der Waals surface area contributed by atoms with E-state index < -0.39 is 0 Å². The van der Waals surface area contributed by atoms with Crippen molar-refractivity contribution in [2.24, 2.45) is 0 Å². The van der Waals surface area contributed by atoms with Gasteiger partial charge in [-0.3, -0.25) is 4.79 Å². The van der Waals surface area contributed by atoms with Crippen LogP contribution in [0.15, 0.2) is 42.5 Å². The molecule has 98 valence electrons. The van der Waals surface area contributed by atoms with E-state index in [1.807, 2.05) is 13.0 Å². The smallest absolute Gasteiger partial charge is 0.196 e. The van der Waals surface area contributed by atoms with Gasteiger partial charge in [-0.1, -0.05) is 30.3 Å². The standard InChI is InChI=1S/C15H15NO3/c1-2-19-14-9-13(17)11(8-12(14)16)15(18)10-6-4-3-5-7-10/h3-9,17H,2,16H2,1H3. The molecule has 0 amide bonds. The van der Waals surface area contributed by atoms with Gasteiger partial charge in [-0.2, -0.15) is 0 Å². The SMILES string of the molecule is CCOc1cc(O)c(C(=O)c2ccccc2)cc1N. The fourth-order valence-corrected chi connectivity index (χ4v) is 1.79. The molecule has 0 aliphatic rings. The highest BCUT2D eigenvalue weighted by Crippen LogP contribution is 2.31. The summed E-state index contributed by atoms with van der Waals surface area (Å²) in [6, 6.07) is 11.5. The molecule has 0 saturated carbocycles. The van der Waals surface area contributed by atoms with Crippen LogP contribution in [0, 0.1) is 0 Å². The number of phenolic OH excluding ortho intramolecular Hbond substituents is 1. The lowest BCUT2D eigenvalue weighted by atomic mass is 10.0. The van der Waals surface area contributed by atoms with E-state index in [1.54, 1.807) is 24.3 Å². The molecule has 0 radical (unpaired) electrons. The van der Waals surface area contributed by atoms with Gasteiger partial charge in [-0.05, 0) is 13.0 Å². The molecule has 2 aromatic carbocycles. The summed E-state index contributed by atoms with van der Waals surface area (Å²) in [4.78, 5) is 12.2. The summed E-state index contributed by atoms with van der Waals surface area (Å²) in [5.74, 6) is -0.0241. The highest BCUT2D eigenvalue weighted by molar-refractivity contribution is 6.11. The molecule has 2 aromatic rings. The molecule has 3 N–H and O–H groups in total. The average molecular weight is 257 g/mol. The Balaban J connectivity index is 2.41. The maximum absolute atomic E-state index is 12.2. The minimum Gasteiger partial charge on any atom is -0.507 e. The Kier molecular flexibility index (Phi) is 3.71. The van der Waals surface area contributed by atoms with E-state index in [2.05, 4.69) is 0 Å². The number of rotatable bonds is 4. The molecule has 0 saturated heterocycles. The van der Waals surface area contributed by atoms with Crippen LogP contribution >= 0.6 is 0 Å². The summed E-state index contributed by atoms with van der Waals surface area (Å²) in [7, 11) is 0. The third-order valence-electron chi connectivity index (χ3n) is 2.71. The molecule has 0 aromatic heterocycles. The van der Waals surface area contributed by atoms with Crippen molar-refractivity contribution in [1.82, 2.24) is 0 Å². The quantitative estimate of drug-likeness (QED) is 0.501. The zero-order valence-electron chi connectivity index (χ0n) is 10.6. The van der Waals surface area contributed by atoms with E-state index in [0.29, 0.717) is 23.6 Å². The lowest BCUT2D eigenvalue weighted by Crippen LogP contribution is -2.04. The first-order valence-electron chi connectivity index (χ1n) is 5.98. The fourth-order valence-electron chi connectivity index (χ4n) is 1.79. The number of carbonyl (C=O) groups excluding carboxylic acids is 1. The predicted molar refractivity (Wildman–Crippen MR) is 73.6 cm³/mol. The minimum atomic E-state index is -0.271. The number of nitrogens with two attached hydrogens (primary N) is 1. The van der Waals surface area contributed by atoms with Gasteiger partial charge in [0.15, 0.2) is 5.78 Å². The summed E-state index contributed by atoms with van der Waals surface area (Å²) >= 11 is 0. The van der Waals surface area contributed by atoms with E-state index in [4.69, 9.17) is 10.5 Å². The van der Waals surface area contributed by atoms with Crippen LogP contribution in [0.4, 0.5) is 5.69 Å². The van der Waals surface area contributed by atoms with Crippen LogP contribution < -0.4 is 10.5 Å². The van der Waals surface area contributed by atoms with Crippen molar-refractivity contribution in [1.29, 1.82) is 0 Å². The first kappa shape index (κ1) is 13.0. The van der Waals surface area contributed by atoms with E-state index >= 15 is 0 Å². The third-order valence-corrected chi connectivity index (χ3v) is 2.71. The Morgan fingerprint density at radius 2 is 1.95 bits per heavy atom. The van der Waals surface area contributed by atoms with Gasteiger partial charge in [0.05, 0.1) is 17.9 Å². The Hall–Kier alpha value is -2.49. The summed E-state index contributed by atoms with van der Waals surface area (Å²) < 4.78 is 5.26. The molecule has 0 aliphatic heterocycles. The molecule has 0 fully saturated rings. The molecule has 0 heterocycles. The number of phenols is 1. The topological polar surface area (TPSA) is 72.5 Å². The lowest BCUT2D eigenvalue weighted by Gasteiger charge is -2.10. The number of aromatic hydroxyl groups is 1. The van der Waals surface area contributed by atoms with Crippen molar-refractivity contribution >= 4 is 11.5 Å². The molecule has 0 atom stereocenters. The summed E-state index contributed by atoms with van der Waals surface area (Å²) in [5, 5.41) is 9.92. The van der Waals surface area contributed by atoms with Gasteiger partial charge in [0, 0.05) is 11.6 Å². The number of hydrogen-bond donors (Lipinski definition) is 2. The van der Waals surface area contributed by atoms with Crippen LogP contribution in [0.3, 0.4) is 0 Å². The number of nitrogen functional groups attached to an aromatic ring is 1. The molecule has 0 bridgehead atoms. The first-order valence-corrected chi connectivity index (χ1v) is 5.98. The molecule has 2 rings (SSSR count). The van der Waals surface area contributed by atoms with Crippen molar-refractivity contribution < 1.29 is 14.6 Å². The Morgan fingerprint density at radius 3 is 2.58 bits per heavy atom. The Morgan fingerprint density at radius 1 is 1.26 bits per heavy atom. The maximum atomic E-state index is 12.2. The van der Waals surface area contributed by atoms with Gasteiger partial charge in [0.25, 0.3) is 0 Å². The molecule has 0 aliphatic carbocycles. The molecular weight excluding hydrogens is 242 g/mol. The number of hydrogen-bond acceptors (Lipinski definition) is 4.